The molecule has 3 heteroatoms. The van der Waals surface area contributed by atoms with Crippen molar-refractivity contribution in [1.29, 1.82) is 0 Å². The molecule has 0 rings (SSSR count). The van der Waals surface area contributed by atoms with Gasteiger partial charge in [-0.25, -0.2) is 0 Å². The maximum Gasteiger partial charge on any atom is 0.306 e. The third kappa shape index (κ3) is 25.6. The van der Waals surface area contributed by atoms with Crippen molar-refractivity contribution in [3.8, 4) is 0 Å². The predicted molar refractivity (Wildman–Crippen MR) is 72.1 cm³/mol. The van der Waals surface area contributed by atoms with E-state index in [-0.39, 0.29) is 5.92 Å². The topological polar surface area (TPSA) is 57.5 Å². The normalized spacial score (nSPS) is 12.6. The molecule has 3 nitrogen and oxygen atoms in total. The van der Waals surface area contributed by atoms with Gasteiger partial charge >= 0.3 is 5.97 Å². The van der Waals surface area contributed by atoms with Gasteiger partial charge in [0.25, 0.3) is 0 Å². The Bertz CT molecular complexity index is 176. The van der Waals surface area contributed by atoms with E-state index in [0.29, 0.717) is 0 Å². The molecule has 0 aromatic heterocycles. The molecule has 1 unspecified atom stereocenters. The molecule has 0 aliphatic heterocycles. The van der Waals surface area contributed by atoms with Crippen molar-refractivity contribution in [1.82, 2.24) is 0 Å². The fourth-order valence-corrected chi connectivity index (χ4v) is 1.18. The highest BCUT2D eigenvalue weighted by molar-refractivity contribution is 5.69. The number of hydrogen-bond donors (Lipinski definition) is 2. The van der Waals surface area contributed by atoms with E-state index < -0.39 is 11.6 Å². The highest BCUT2D eigenvalue weighted by Crippen LogP contribution is 2.10. The number of carboxylic acid groups (broad SMARTS) is 1. The second-order valence-electron chi connectivity index (χ2n) is 5.61. The number of aliphatic carboxylic acids is 1. The van der Waals surface area contributed by atoms with Crippen molar-refractivity contribution in [3.05, 3.63) is 0 Å². The van der Waals surface area contributed by atoms with Crippen LogP contribution in [0, 0.1) is 5.92 Å². The van der Waals surface area contributed by atoms with Crippen LogP contribution in [0.25, 0.3) is 0 Å². The maximum absolute atomic E-state index is 10.4. The Kier molecular flexibility index (Phi) is 11.7. The molecule has 0 aromatic carbocycles. The lowest BCUT2D eigenvalue weighted by Crippen LogP contribution is -2.10. The van der Waals surface area contributed by atoms with Gasteiger partial charge in [-0.15, -0.1) is 0 Å². The lowest BCUT2D eigenvalue weighted by molar-refractivity contribution is -0.141. The van der Waals surface area contributed by atoms with Crippen molar-refractivity contribution in [2.75, 3.05) is 0 Å². The van der Waals surface area contributed by atoms with Crippen LogP contribution >= 0.6 is 0 Å². The summed E-state index contributed by atoms with van der Waals surface area (Å²) in [5.41, 5.74) is -0.500. The van der Waals surface area contributed by atoms with Crippen molar-refractivity contribution < 1.29 is 15.0 Å². The van der Waals surface area contributed by atoms with Crippen LogP contribution in [0.4, 0.5) is 0 Å². The summed E-state index contributed by atoms with van der Waals surface area (Å²) in [5.74, 6) is -0.822. The van der Waals surface area contributed by atoms with Gasteiger partial charge in [0.2, 0.25) is 0 Å². The van der Waals surface area contributed by atoms with Crippen LogP contribution in [0.2, 0.25) is 0 Å². The van der Waals surface area contributed by atoms with E-state index in [2.05, 4.69) is 6.92 Å². The van der Waals surface area contributed by atoms with Gasteiger partial charge in [-0.2, -0.15) is 0 Å². The van der Waals surface area contributed by atoms with Gasteiger partial charge in [-0.3, -0.25) is 4.79 Å². The molecule has 0 fully saturated rings. The van der Waals surface area contributed by atoms with E-state index >= 15 is 0 Å². The molecule has 0 aromatic rings. The summed E-state index contributed by atoms with van der Waals surface area (Å²) in [4.78, 5) is 10.4. The molecule has 1 atom stereocenters. The van der Waals surface area contributed by atoms with E-state index in [9.17, 15) is 4.79 Å². The number of aliphatic hydroxyl groups is 1. The van der Waals surface area contributed by atoms with E-state index in [4.69, 9.17) is 10.2 Å². The monoisotopic (exact) mass is 246 g/mol. The Balaban J connectivity index is 0. The molecule has 0 heterocycles. The summed E-state index contributed by atoms with van der Waals surface area (Å²) in [6.45, 7) is 9.19. The number of carbonyl (C=O) groups is 1. The average Bonchev–Trinajstić information content (AvgIpc) is 2.14. The lowest BCUT2D eigenvalue weighted by Gasteiger charge is -2.04. The van der Waals surface area contributed by atoms with E-state index in [1.165, 1.54) is 25.7 Å². The van der Waals surface area contributed by atoms with E-state index in [1.807, 2.05) is 0 Å². The molecule has 2 N–H and O–H groups in total. The van der Waals surface area contributed by atoms with Crippen LogP contribution < -0.4 is 0 Å². The van der Waals surface area contributed by atoms with Crippen LogP contribution in [0.5, 0.6) is 0 Å². The number of hydrogen-bond acceptors (Lipinski definition) is 2. The predicted octanol–water partition coefficient (Wildman–Crippen LogP) is 3.84. The molecule has 0 spiro atoms. The summed E-state index contributed by atoms with van der Waals surface area (Å²) in [6.07, 6.45) is 6.86. The molecule has 0 aliphatic carbocycles. The van der Waals surface area contributed by atoms with Crippen LogP contribution in [0.3, 0.4) is 0 Å². The Hall–Kier alpha value is -0.570. The van der Waals surface area contributed by atoms with Gasteiger partial charge < -0.3 is 10.2 Å². The Morgan fingerprint density at radius 2 is 1.53 bits per heavy atom. The van der Waals surface area contributed by atoms with Gasteiger partial charge in [0.15, 0.2) is 0 Å². The summed E-state index contributed by atoms with van der Waals surface area (Å²) in [6, 6.07) is 0. The van der Waals surface area contributed by atoms with Gasteiger partial charge in [-0.1, -0.05) is 46.0 Å². The molecule has 0 bridgehead atoms. The minimum Gasteiger partial charge on any atom is -0.481 e. The molecule has 0 amide bonds. The molecule has 0 saturated carbocycles. The molecular formula is C14H30O3. The van der Waals surface area contributed by atoms with Gasteiger partial charge in [0.05, 0.1) is 11.5 Å². The second kappa shape index (κ2) is 10.6. The van der Waals surface area contributed by atoms with Crippen LogP contribution in [0.1, 0.15) is 73.1 Å². The smallest absolute Gasteiger partial charge is 0.306 e. The number of unbranched alkanes of at least 4 members (excludes halogenated alkanes) is 4. The third-order valence-corrected chi connectivity index (χ3v) is 2.16. The quantitative estimate of drug-likeness (QED) is 0.671. The maximum atomic E-state index is 10.4. The highest BCUT2D eigenvalue weighted by atomic mass is 16.4. The van der Waals surface area contributed by atoms with Crippen LogP contribution in [-0.4, -0.2) is 21.8 Å². The Morgan fingerprint density at radius 1 is 1.12 bits per heavy atom. The highest BCUT2D eigenvalue weighted by Gasteiger charge is 2.08. The summed E-state index contributed by atoms with van der Waals surface area (Å²) in [5, 5.41) is 17.1. The standard InChI is InChI=1S/C10H20O2.C4H10O/c1-3-4-5-6-7-8-9(2)10(11)12;1-4(2,3)5/h9H,3-8H2,1-2H3,(H,11,12);5H,1-3H3. The molecule has 0 aliphatic rings. The third-order valence-electron chi connectivity index (χ3n) is 2.16. The van der Waals surface area contributed by atoms with E-state index in [0.717, 1.165) is 12.8 Å². The van der Waals surface area contributed by atoms with E-state index in [1.54, 1.807) is 27.7 Å². The molecule has 0 radical (unpaired) electrons. The molecular weight excluding hydrogens is 216 g/mol. The zero-order valence-electron chi connectivity index (χ0n) is 12.1. The molecule has 104 valence electrons. The molecule has 17 heavy (non-hydrogen) atoms. The first-order valence-corrected chi connectivity index (χ1v) is 6.63. The van der Waals surface area contributed by atoms with Crippen molar-refractivity contribution in [2.45, 2.75) is 78.7 Å². The summed E-state index contributed by atoms with van der Waals surface area (Å²) in [7, 11) is 0. The van der Waals surface area contributed by atoms with Crippen molar-refractivity contribution in [2.24, 2.45) is 5.92 Å². The largest absolute Gasteiger partial charge is 0.481 e. The minimum absolute atomic E-state index is 0.161. The SMILES string of the molecule is CC(C)(C)O.CCCCCCCC(C)C(=O)O. The fraction of sp³-hybridized carbons (Fsp3) is 0.929. The zero-order valence-corrected chi connectivity index (χ0v) is 12.1. The van der Waals surface area contributed by atoms with Crippen LogP contribution in [0.15, 0.2) is 0 Å². The Morgan fingerprint density at radius 3 is 1.88 bits per heavy atom. The number of rotatable bonds is 7. The Labute approximate surface area is 106 Å². The second-order valence-corrected chi connectivity index (χ2v) is 5.61. The fourth-order valence-electron chi connectivity index (χ4n) is 1.18. The number of carboxylic acids is 1. The minimum atomic E-state index is -0.662. The summed E-state index contributed by atoms with van der Waals surface area (Å²) >= 11 is 0. The first-order valence-electron chi connectivity index (χ1n) is 6.63. The summed E-state index contributed by atoms with van der Waals surface area (Å²) < 4.78 is 0. The molecule has 0 saturated heterocycles. The average molecular weight is 246 g/mol. The zero-order chi connectivity index (χ0) is 13.9. The lowest BCUT2D eigenvalue weighted by atomic mass is 10.0. The van der Waals surface area contributed by atoms with Gasteiger partial charge in [0, 0.05) is 0 Å². The van der Waals surface area contributed by atoms with Crippen LogP contribution in [-0.2, 0) is 4.79 Å². The first-order chi connectivity index (χ1) is 7.68. The first kappa shape index (κ1) is 18.8. The van der Waals surface area contributed by atoms with Crippen molar-refractivity contribution in [3.63, 3.8) is 0 Å². The van der Waals surface area contributed by atoms with Crippen molar-refractivity contribution >= 4 is 5.97 Å². The van der Waals surface area contributed by atoms with Gasteiger partial charge in [-0.05, 0) is 27.2 Å². The van der Waals surface area contributed by atoms with Gasteiger partial charge in [0.1, 0.15) is 0 Å².